The second kappa shape index (κ2) is 9.07. The number of nitrogens with zero attached hydrogens (tertiary/aromatic N) is 1. The SMILES string of the molecule is CCCC(=O)N(Cc1ccc(Cl)cc1)[C@H](CC)C(=O)NC(C)(C)C. The molecule has 0 spiro atoms. The maximum atomic E-state index is 12.7. The van der Waals surface area contributed by atoms with Crippen molar-refractivity contribution in [3.05, 3.63) is 34.9 Å². The van der Waals surface area contributed by atoms with Crippen LogP contribution in [0, 0.1) is 0 Å². The molecule has 0 heterocycles. The van der Waals surface area contributed by atoms with E-state index in [-0.39, 0.29) is 17.4 Å². The quantitative estimate of drug-likeness (QED) is 0.800. The van der Waals surface area contributed by atoms with E-state index in [9.17, 15) is 9.59 Å². The van der Waals surface area contributed by atoms with Crippen LogP contribution >= 0.6 is 11.6 Å². The Labute approximate surface area is 150 Å². The molecule has 1 rings (SSSR count). The van der Waals surface area contributed by atoms with Crippen LogP contribution in [-0.2, 0) is 16.1 Å². The van der Waals surface area contributed by atoms with Crippen LogP contribution in [0.25, 0.3) is 0 Å². The lowest BCUT2D eigenvalue weighted by Gasteiger charge is -2.33. The van der Waals surface area contributed by atoms with Crippen LogP contribution in [0.2, 0.25) is 5.02 Å². The first kappa shape index (κ1) is 20.5. The fourth-order valence-corrected chi connectivity index (χ4v) is 2.64. The van der Waals surface area contributed by atoms with Gasteiger partial charge < -0.3 is 10.2 Å². The number of amides is 2. The van der Waals surface area contributed by atoms with Gasteiger partial charge in [-0.3, -0.25) is 9.59 Å². The van der Waals surface area contributed by atoms with E-state index in [1.54, 1.807) is 17.0 Å². The predicted molar refractivity (Wildman–Crippen MR) is 98.9 cm³/mol. The zero-order valence-electron chi connectivity index (χ0n) is 15.4. The molecule has 0 radical (unpaired) electrons. The molecule has 0 saturated carbocycles. The van der Waals surface area contributed by atoms with E-state index in [2.05, 4.69) is 5.32 Å². The van der Waals surface area contributed by atoms with Crippen LogP contribution in [0.3, 0.4) is 0 Å². The van der Waals surface area contributed by atoms with Gasteiger partial charge in [-0.1, -0.05) is 37.6 Å². The highest BCUT2D eigenvalue weighted by Crippen LogP contribution is 2.17. The number of benzene rings is 1. The largest absolute Gasteiger partial charge is 0.350 e. The molecular formula is C19H29ClN2O2. The minimum Gasteiger partial charge on any atom is -0.350 e. The molecule has 2 amide bonds. The van der Waals surface area contributed by atoms with E-state index in [0.29, 0.717) is 24.4 Å². The van der Waals surface area contributed by atoms with Gasteiger partial charge in [0, 0.05) is 23.5 Å². The third-order valence-corrected chi connectivity index (χ3v) is 3.87. The molecule has 0 fully saturated rings. The molecule has 0 aliphatic carbocycles. The lowest BCUT2D eigenvalue weighted by Crippen LogP contribution is -2.53. The second-order valence-corrected chi connectivity index (χ2v) is 7.50. The minimum absolute atomic E-state index is 0.00311. The van der Waals surface area contributed by atoms with Crippen LogP contribution in [0.4, 0.5) is 0 Å². The normalized spacial score (nSPS) is 12.6. The van der Waals surface area contributed by atoms with Crippen molar-refractivity contribution in [1.29, 1.82) is 0 Å². The Morgan fingerprint density at radius 2 is 1.75 bits per heavy atom. The standard InChI is InChI=1S/C19H29ClN2O2/c1-6-8-17(23)22(13-14-9-11-15(20)12-10-14)16(7-2)18(24)21-19(3,4)5/h9-12,16H,6-8,13H2,1-5H3,(H,21,24)/t16-/m1/s1. The van der Waals surface area contributed by atoms with Gasteiger partial charge in [0.2, 0.25) is 11.8 Å². The number of carbonyl (C=O) groups is 2. The van der Waals surface area contributed by atoms with Gasteiger partial charge in [0.25, 0.3) is 0 Å². The predicted octanol–water partition coefficient (Wildman–Crippen LogP) is 4.16. The molecule has 24 heavy (non-hydrogen) atoms. The molecular weight excluding hydrogens is 324 g/mol. The van der Waals surface area contributed by atoms with E-state index in [4.69, 9.17) is 11.6 Å². The summed E-state index contributed by atoms with van der Waals surface area (Å²) in [5.41, 5.74) is 0.635. The number of halogens is 1. The summed E-state index contributed by atoms with van der Waals surface area (Å²) in [6.07, 6.45) is 1.77. The number of rotatable bonds is 7. The summed E-state index contributed by atoms with van der Waals surface area (Å²) >= 11 is 5.93. The van der Waals surface area contributed by atoms with Crippen molar-refractivity contribution in [2.45, 2.75) is 72.0 Å². The molecule has 4 nitrogen and oxygen atoms in total. The molecule has 1 N–H and O–H groups in total. The third kappa shape index (κ3) is 6.52. The topological polar surface area (TPSA) is 49.4 Å². The summed E-state index contributed by atoms with van der Waals surface area (Å²) in [6.45, 7) is 10.1. The molecule has 134 valence electrons. The Hall–Kier alpha value is -1.55. The second-order valence-electron chi connectivity index (χ2n) is 7.06. The molecule has 0 aliphatic heterocycles. The van der Waals surface area contributed by atoms with E-state index in [1.165, 1.54) is 0 Å². The minimum atomic E-state index is -0.473. The zero-order chi connectivity index (χ0) is 18.3. The van der Waals surface area contributed by atoms with E-state index < -0.39 is 6.04 Å². The summed E-state index contributed by atoms with van der Waals surface area (Å²) in [4.78, 5) is 27.0. The molecule has 1 atom stereocenters. The van der Waals surface area contributed by atoms with Gasteiger partial charge in [-0.05, 0) is 51.3 Å². The third-order valence-electron chi connectivity index (χ3n) is 3.61. The molecule has 0 saturated heterocycles. The van der Waals surface area contributed by atoms with Crippen molar-refractivity contribution in [3.63, 3.8) is 0 Å². The van der Waals surface area contributed by atoms with Crippen molar-refractivity contribution in [2.24, 2.45) is 0 Å². The van der Waals surface area contributed by atoms with Gasteiger partial charge in [0.15, 0.2) is 0 Å². The van der Waals surface area contributed by atoms with Crippen LogP contribution in [0.1, 0.15) is 59.4 Å². The van der Waals surface area contributed by atoms with Gasteiger partial charge >= 0.3 is 0 Å². The van der Waals surface area contributed by atoms with E-state index in [0.717, 1.165) is 12.0 Å². The van der Waals surface area contributed by atoms with Crippen molar-refractivity contribution in [3.8, 4) is 0 Å². The van der Waals surface area contributed by atoms with E-state index in [1.807, 2.05) is 46.8 Å². The van der Waals surface area contributed by atoms with Crippen molar-refractivity contribution in [2.75, 3.05) is 0 Å². The monoisotopic (exact) mass is 352 g/mol. The molecule has 1 aromatic rings. The summed E-state index contributed by atoms with van der Waals surface area (Å²) in [7, 11) is 0. The number of hydrogen-bond donors (Lipinski definition) is 1. The van der Waals surface area contributed by atoms with Crippen LogP contribution in [0.15, 0.2) is 24.3 Å². The highest BCUT2D eigenvalue weighted by atomic mass is 35.5. The lowest BCUT2D eigenvalue weighted by molar-refractivity contribution is -0.142. The van der Waals surface area contributed by atoms with Gasteiger partial charge in [-0.2, -0.15) is 0 Å². The summed E-state index contributed by atoms with van der Waals surface area (Å²) in [5.74, 6) is -0.105. The number of nitrogens with one attached hydrogen (secondary N) is 1. The highest BCUT2D eigenvalue weighted by molar-refractivity contribution is 6.30. The number of carbonyl (C=O) groups excluding carboxylic acids is 2. The first-order valence-electron chi connectivity index (χ1n) is 8.53. The van der Waals surface area contributed by atoms with Crippen LogP contribution in [0.5, 0.6) is 0 Å². The Balaban J connectivity index is 3.03. The zero-order valence-corrected chi connectivity index (χ0v) is 16.1. The van der Waals surface area contributed by atoms with Crippen LogP contribution < -0.4 is 5.32 Å². The van der Waals surface area contributed by atoms with Crippen molar-refractivity contribution in [1.82, 2.24) is 10.2 Å². The fraction of sp³-hybridized carbons (Fsp3) is 0.579. The molecule has 1 aromatic carbocycles. The fourth-order valence-electron chi connectivity index (χ4n) is 2.52. The Kier molecular flexibility index (Phi) is 7.74. The Bertz CT molecular complexity index is 549. The molecule has 0 aromatic heterocycles. The summed E-state index contributed by atoms with van der Waals surface area (Å²) in [5, 5.41) is 3.64. The van der Waals surface area contributed by atoms with E-state index >= 15 is 0 Å². The number of hydrogen-bond acceptors (Lipinski definition) is 2. The van der Waals surface area contributed by atoms with Gasteiger partial charge in [-0.25, -0.2) is 0 Å². The molecule has 0 bridgehead atoms. The highest BCUT2D eigenvalue weighted by Gasteiger charge is 2.30. The van der Waals surface area contributed by atoms with Crippen molar-refractivity contribution >= 4 is 23.4 Å². The van der Waals surface area contributed by atoms with Gasteiger partial charge in [0.05, 0.1) is 0 Å². The molecule has 5 heteroatoms. The summed E-state index contributed by atoms with van der Waals surface area (Å²) in [6, 6.07) is 6.91. The lowest BCUT2D eigenvalue weighted by atomic mass is 10.0. The van der Waals surface area contributed by atoms with Crippen LogP contribution in [-0.4, -0.2) is 28.3 Å². The Morgan fingerprint density at radius 1 is 1.17 bits per heavy atom. The first-order chi connectivity index (χ1) is 11.2. The van der Waals surface area contributed by atoms with Gasteiger partial charge in [0.1, 0.15) is 6.04 Å². The summed E-state index contributed by atoms with van der Waals surface area (Å²) < 4.78 is 0. The average Bonchev–Trinajstić information content (AvgIpc) is 2.47. The first-order valence-corrected chi connectivity index (χ1v) is 8.91. The maximum absolute atomic E-state index is 12.7. The van der Waals surface area contributed by atoms with Crippen molar-refractivity contribution < 1.29 is 9.59 Å². The molecule has 0 unspecified atom stereocenters. The van der Waals surface area contributed by atoms with Gasteiger partial charge in [-0.15, -0.1) is 0 Å². The maximum Gasteiger partial charge on any atom is 0.243 e. The average molecular weight is 353 g/mol. The smallest absolute Gasteiger partial charge is 0.243 e. The molecule has 0 aliphatic rings. The Morgan fingerprint density at radius 3 is 2.21 bits per heavy atom.